The van der Waals surface area contributed by atoms with Crippen molar-refractivity contribution in [1.82, 2.24) is 10.9 Å². The Kier molecular flexibility index (Phi) is 4.83. The van der Waals surface area contributed by atoms with Gasteiger partial charge in [0.25, 0.3) is 11.8 Å². The van der Waals surface area contributed by atoms with Crippen molar-refractivity contribution < 1.29 is 14.4 Å². The molecular formula is C18H16ClN3O3. The lowest BCUT2D eigenvalue weighted by Gasteiger charge is -2.16. The van der Waals surface area contributed by atoms with Crippen molar-refractivity contribution in [2.45, 2.75) is 19.4 Å². The van der Waals surface area contributed by atoms with E-state index in [1.807, 2.05) is 19.1 Å². The maximum Gasteiger partial charge on any atom is 0.265 e. The van der Waals surface area contributed by atoms with Gasteiger partial charge in [0.1, 0.15) is 6.04 Å². The van der Waals surface area contributed by atoms with Crippen LogP contribution in [0.15, 0.2) is 48.5 Å². The minimum absolute atomic E-state index is 0.0321. The number of carbonyl (C=O) groups is 3. The third kappa shape index (κ3) is 3.70. The molecule has 3 amide bonds. The third-order valence-electron chi connectivity index (χ3n) is 3.91. The molecule has 2 N–H and O–H groups in total. The van der Waals surface area contributed by atoms with Crippen LogP contribution in [0.2, 0.25) is 5.02 Å². The van der Waals surface area contributed by atoms with Gasteiger partial charge in [-0.2, -0.15) is 0 Å². The Hall–Kier alpha value is -2.70. The van der Waals surface area contributed by atoms with Crippen molar-refractivity contribution in [3.05, 3.63) is 64.7 Å². The fourth-order valence-corrected chi connectivity index (χ4v) is 2.66. The van der Waals surface area contributed by atoms with Crippen LogP contribution in [0.3, 0.4) is 0 Å². The summed E-state index contributed by atoms with van der Waals surface area (Å²) in [7, 11) is 0. The van der Waals surface area contributed by atoms with Gasteiger partial charge in [0, 0.05) is 10.6 Å². The summed E-state index contributed by atoms with van der Waals surface area (Å²) >= 11 is 5.82. The Balaban J connectivity index is 1.65. The van der Waals surface area contributed by atoms with Gasteiger partial charge in [0.15, 0.2) is 0 Å². The standard InChI is InChI=1S/C18H16ClN3O3/c1-11-2-4-12(5-3-11)17(24)21-20-15-10-16(23)22(18(15)25)14-8-6-13(19)7-9-14/h2-9,15,20H,10H2,1H3,(H,21,24). The number of anilines is 1. The highest BCUT2D eigenvalue weighted by atomic mass is 35.5. The first kappa shape index (κ1) is 17.1. The normalized spacial score (nSPS) is 17.0. The van der Waals surface area contributed by atoms with Gasteiger partial charge in [0.2, 0.25) is 5.91 Å². The number of hydrazine groups is 1. The predicted molar refractivity (Wildman–Crippen MR) is 94.1 cm³/mol. The summed E-state index contributed by atoms with van der Waals surface area (Å²) in [6.45, 7) is 1.92. The highest BCUT2D eigenvalue weighted by Gasteiger charge is 2.39. The van der Waals surface area contributed by atoms with E-state index < -0.39 is 11.9 Å². The van der Waals surface area contributed by atoms with Crippen LogP contribution in [0.5, 0.6) is 0 Å². The first-order valence-corrected chi connectivity index (χ1v) is 8.08. The molecule has 1 aliphatic rings. The predicted octanol–water partition coefficient (Wildman–Crippen LogP) is 2.21. The minimum atomic E-state index is -0.808. The first-order chi connectivity index (χ1) is 12.0. The molecule has 0 saturated carbocycles. The van der Waals surface area contributed by atoms with Gasteiger partial charge in [-0.05, 0) is 43.3 Å². The lowest BCUT2D eigenvalue weighted by molar-refractivity contribution is -0.121. The summed E-state index contributed by atoms with van der Waals surface area (Å²) in [5, 5.41) is 0.517. The van der Waals surface area contributed by atoms with Gasteiger partial charge in [-0.1, -0.05) is 29.3 Å². The number of nitrogens with zero attached hydrogens (tertiary/aromatic N) is 1. The molecule has 1 unspecified atom stereocenters. The highest BCUT2D eigenvalue weighted by Crippen LogP contribution is 2.24. The second kappa shape index (κ2) is 7.04. The molecule has 0 aromatic heterocycles. The number of carbonyl (C=O) groups excluding carboxylic acids is 3. The summed E-state index contributed by atoms with van der Waals surface area (Å²) in [5.41, 5.74) is 7.09. The zero-order valence-electron chi connectivity index (χ0n) is 13.5. The SMILES string of the molecule is Cc1ccc(C(=O)NNC2CC(=O)N(c3ccc(Cl)cc3)C2=O)cc1. The van der Waals surface area contributed by atoms with E-state index in [9.17, 15) is 14.4 Å². The van der Waals surface area contributed by atoms with E-state index in [0.29, 0.717) is 16.3 Å². The molecule has 1 saturated heterocycles. The number of amides is 3. The van der Waals surface area contributed by atoms with E-state index in [2.05, 4.69) is 10.9 Å². The number of aryl methyl sites for hydroxylation is 1. The van der Waals surface area contributed by atoms with Crippen molar-refractivity contribution in [2.75, 3.05) is 4.90 Å². The zero-order chi connectivity index (χ0) is 18.0. The van der Waals surface area contributed by atoms with Crippen LogP contribution in [0.1, 0.15) is 22.3 Å². The Bertz CT molecular complexity index is 818. The monoisotopic (exact) mass is 357 g/mol. The topological polar surface area (TPSA) is 78.5 Å². The largest absolute Gasteiger partial charge is 0.287 e. The van der Waals surface area contributed by atoms with Gasteiger partial charge < -0.3 is 0 Å². The molecule has 1 heterocycles. The van der Waals surface area contributed by atoms with E-state index in [0.717, 1.165) is 10.5 Å². The Morgan fingerprint density at radius 2 is 1.72 bits per heavy atom. The molecule has 7 heteroatoms. The summed E-state index contributed by atoms with van der Waals surface area (Å²) in [6.07, 6.45) is -0.0321. The van der Waals surface area contributed by atoms with Gasteiger partial charge in [-0.15, -0.1) is 0 Å². The maximum atomic E-state index is 12.5. The molecule has 3 rings (SSSR count). The average molecular weight is 358 g/mol. The first-order valence-electron chi connectivity index (χ1n) is 7.70. The van der Waals surface area contributed by atoms with E-state index >= 15 is 0 Å². The summed E-state index contributed by atoms with van der Waals surface area (Å²) in [4.78, 5) is 37.8. The van der Waals surface area contributed by atoms with Crippen LogP contribution in [-0.4, -0.2) is 23.8 Å². The maximum absolute atomic E-state index is 12.5. The highest BCUT2D eigenvalue weighted by molar-refractivity contribution is 6.30. The van der Waals surface area contributed by atoms with E-state index in [1.54, 1.807) is 36.4 Å². The van der Waals surface area contributed by atoms with Crippen LogP contribution in [0, 0.1) is 6.92 Å². The summed E-state index contributed by atoms with van der Waals surface area (Å²) in [6, 6.07) is 12.6. The van der Waals surface area contributed by atoms with Gasteiger partial charge >= 0.3 is 0 Å². The molecule has 2 aromatic carbocycles. The van der Waals surface area contributed by atoms with Crippen molar-refractivity contribution in [3.8, 4) is 0 Å². The number of nitrogens with one attached hydrogen (secondary N) is 2. The van der Waals surface area contributed by atoms with E-state index in [1.165, 1.54) is 0 Å². The second-order valence-corrected chi connectivity index (χ2v) is 6.20. The lowest BCUT2D eigenvalue weighted by Crippen LogP contribution is -2.48. The molecule has 6 nitrogen and oxygen atoms in total. The third-order valence-corrected chi connectivity index (χ3v) is 4.16. The van der Waals surface area contributed by atoms with Gasteiger partial charge in [0.05, 0.1) is 12.1 Å². The molecule has 128 valence electrons. The molecule has 0 spiro atoms. The van der Waals surface area contributed by atoms with Crippen LogP contribution >= 0.6 is 11.6 Å². The average Bonchev–Trinajstić information content (AvgIpc) is 2.88. The second-order valence-electron chi connectivity index (χ2n) is 5.77. The van der Waals surface area contributed by atoms with Crippen molar-refractivity contribution in [2.24, 2.45) is 0 Å². The van der Waals surface area contributed by atoms with Crippen molar-refractivity contribution in [3.63, 3.8) is 0 Å². The number of halogens is 1. The fraction of sp³-hybridized carbons (Fsp3) is 0.167. The van der Waals surface area contributed by atoms with Crippen molar-refractivity contribution >= 4 is 35.0 Å². The summed E-state index contributed by atoms with van der Waals surface area (Å²) < 4.78 is 0. The Morgan fingerprint density at radius 1 is 1.08 bits per heavy atom. The molecule has 1 fully saturated rings. The molecular weight excluding hydrogens is 342 g/mol. The molecule has 0 aliphatic carbocycles. The molecule has 0 bridgehead atoms. The zero-order valence-corrected chi connectivity index (χ0v) is 14.2. The quantitative estimate of drug-likeness (QED) is 0.649. The Labute approximate surface area is 149 Å². The van der Waals surface area contributed by atoms with E-state index in [4.69, 9.17) is 11.6 Å². The molecule has 2 aromatic rings. The van der Waals surface area contributed by atoms with Crippen LogP contribution in [0.25, 0.3) is 0 Å². The minimum Gasteiger partial charge on any atom is -0.287 e. The lowest BCUT2D eigenvalue weighted by atomic mass is 10.1. The summed E-state index contributed by atoms with van der Waals surface area (Å²) in [5.74, 6) is -1.13. The van der Waals surface area contributed by atoms with Crippen LogP contribution < -0.4 is 15.8 Å². The Morgan fingerprint density at radius 3 is 2.36 bits per heavy atom. The fourth-order valence-electron chi connectivity index (χ4n) is 2.54. The van der Waals surface area contributed by atoms with Crippen LogP contribution in [0.4, 0.5) is 5.69 Å². The number of rotatable bonds is 4. The van der Waals surface area contributed by atoms with Gasteiger partial charge in [-0.3, -0.25) is 19.8 Å². The molecule has 0 radical (unpaired) electrons. The molecule has 1 aliphatic heterocycles. The number of hydrogen-bond donors (Lipinski definition) is 2. The number of hydrogen-bond acceptors (Lipinski definition) is 4. The number of imide groups is 1. The van der Waals surface area contributed by atoms with E-state index in [-0.39, 0.29) is 18.2 Å². The number of benzene rings is 2. The molecule has 1 atom stereocenters. The van der Waals surface area contributed by atoms with Crippen molar-refractivity contribution in [1.29, 1.82) is 0 Å². The molecule has 25 heavy (non-hydrogen) atoms. The van der Waals surface area contributed by atoms with Gasteiger partial charge in [-0.25, -0.2) is 10.3 Å². The van der Waals surface area contributed by atoms with Crippen LogP contribution in [-0.2, 0) is 9.59 Å². The smallest absolute Gasteiger partial charge is 0.265 e.